The van der Waals surface area contributed by atoms with E-state index in [0.717, 1.165) is 11.4 Å². The molecule has 0 radical (unpaired) electrons. The molecule has 0 spiro atoms. The van der Waals surface area contributed by atoms with Crippen LogP contribution in [0.5, 0.6) is 5.75 Å². The van der Waals surface area contributed by atoms with Crippen LogP contribution in [0, 0.1) is 0 Å². The fraction of sp³-hybridized carbons (Fsp3) is 0.462. The molecule has 0 heterocycles. The van der Waals surface area contributed by atoms with E-state index in [0.29, 0.717) is 0 Å². The van der Waals surface area contributed by atoms with Gasteiger partial charge in [0.15, 0.2) is 0 Å². The van der Waals surface area contributed by atoms with Gasteiger partial charge in [0.1, 0.15) is 5.75 Å². The van der Waals surface area contributed by atoms with E-state index in [2.05, 4.69) is 56.2 Å². The van der Waals surface area contributed by atoms with Gasteiger partial charge >= 0.3 is 0 Å². The van der Waals surface area contributed by atoms with Crippen molar-refractivity contribution < 1.29 is 4.43 Å². The standard InChI is InChI=1S/C13H19NOSSi/c1-13(2,3)17(4,5)15-12-8-6-11(7-9-12)14-10-16/h6-9H,1-5H3. The second-order valence-corrected chi connectivity index (χ2v) is 10.5. The molecule has 1 aromatic rings. The van der Waals surface area contributed by atoms with Gasteiger partial charge in [-0.05, 0) is 54.6 Å². The summed E-state index contributed by atoms with van der Waals surface area (Å²) in [6.07, 6.45) is 0. The van der Waals surface area contributed by atoms with Crippen LogP contribution in [0.4, 0.5) is 5.69 Å². The van der Waals surface area contributed by atoms with Crippen LogP contribution in [0.25, 0.3) is 0 Å². The molecule has 0 aliphatic rings. The van der Waals surface area contributed by atoms with Crippen LogP contribution < -0.4 is 4.43 Å². The van der Waals surface area contributed by atoms with Gasteiger partial charge in [0.25, 0.3) is 0 Å². The lowest BCUT2D eigenvalue weighted by atomic mass is 10.2. The van der Waals surface area contributed by atoms with E-state index >= 15 is 0 Å². The molecule has 0 N–H and O–H groups in total. The van der Waals surface area contributed by atoms with E-state index in [1.165, 1.54) is 0 Å². The van der Waals surface area contributed by atoms with Crippen molar-refractivity contribution in [2.45, 2.75) is 38.9 Å². The van der Waals surface area contributed by atoms with Crippen molar-refractivity contribution in [3.05, 3.63) is 24.3 Å². The quantitative estimate of drug-likeness (QED) is 0.444. The van der Waals surface area contributed by atoms with Gasteiger partial charge in [-0.1, -0.05) is 20.8 Å². The molecule has 0 fully saturated rings. The molecule has 92 valence electrons. The van der Waals surface area contributed by atoms with E-state index in [1.807, 2.05) is 24.3 Å². The Morgan fingerprint density at radius 2 is 1.71 bits per heavy atom. The van der Waals surface area contributed by atoms with Gasteiger partial charge in [0.2, 0.25) is 8.32 Å². The summed E-state index contributed by atoms with van der Waals surface area (Å²) in [5.41, 5.74) is 0.808. The second-order valence-electron chi connectivity index (χ2n) is 5.56. The van der Waals surface area contributed by atoms with Crippen LogP contribution in [0.2, 0.25) is 18.1 Å². The minimum absolute atomic E-state index is 0.207. The molecule has 0 saturated heterocycles. The number of thiocarbonyl (C=S) groups is 1. The molecule has 0 unspecified atom stereocenters. The van der Waals surface area contributed by atoms with E-state index < -0.39 is 8.32 Å². The van der Waals surface area contributed by atoms with Crippen molar-refractivity contribution >= 4 is 31.4 Å². The zero-order chi connectivity index (χ0) is 13.1. The predicted octanol–water partition coefficient (Wildman–Crippen LogP) is 4.80. The Bertz CT molecular complexity index is 428. The summed E-state index contributed by atoms with van der Waals surface area (Å²) >= 11 is 4.56. The third kappa shape index (κ3) is 3.77. The van der Waals surface area contributed by atoms with Gasteiger partial charge in [-0.3, -0.25) is 0 Å². The highest BCUT2D eigenvalue weighted by Crippen LogP contribution is 2.37. The van der Waals surface area contributed by atoms with Crippen LogP contribution in [0.3, 0.4) is 0 Å². The Labute approximate surface area is 110 Å². The number of hydrogen-bond donors (Lipinski definition) is 0. The fourth-order valence-corrected chi connectivity index (χ4v) is 2.23. The van der Waals surface area contributed by atoms with E-state index in [-0.39, 0.29) is 5.04 Å². The largest absolute Gasteiger partial charge is 0.544 e. The van der Waals surface area contributed by atoms with Crippen molar-refractivity contribution in [2.75, 3.05) is 0 Å². The van der Waals surface area contributed by atoms with E-state index in [1.54, 1.807) is 0 Å². The summed E-state index contributed by atoms with van der Waals surface area (Å²) in [7, 11) is -1.75. The number of benzene rings is 1. The van der Waals surface area contributed by atoms with Crippen molar-refractivity contribution in [3.8, 4) is 5.75 Å². The minimum Gasteiger partial charge on any atom is -0.544 e. The lowest BCUT2D eigenvalue weighted by molar-refractivity contribution is 0.492. The Hall–Kier alpha value is -0.963. The van der Waals surface area contributed by atoms with Crippen LogP contribution in [0.1, 0.15) is 20.8 Å². The Balaban J connectivity index is 2.86. The highest BCUT2D eigenvalue weighted by molar-refractivity contribution is 7.78. The zero-order valence-corrected chi connectivity index (χ0v) is 12.9. The lowest BCUT2D eigenvalue weighted by Gasteiger charge is -2.36. The highest BCUT2D eigenvalue weighted by Gasteiger charge is 2.38. The van der Waals surface area contributed by atoms with Gasteiger partial charge < -0.3 is 4.43 Å². The van der Waals surface area contributed by atoms with Crippen LogP contribution in [-0.2, 0) is 0 Å². The number of hydrogen-bond acceptors (Lipinski definition) is 3. The van der Waals surface area contributed by atoms with Gasteiger partial charge in [-0.25, -0.2) is 0 Å². The van der Waals surface area contributed by atoms with Crippen molar-refractivity contribution in [2.24, 2.45) is 4.99 Å². The molecule has 4 heteroatoms. The molecule has 2 nitrogen and oxygen atoms in total. The molecule has 0 atom stereocenters. The van der Waals surface area contributed by atoms with Gasteiger partial charge in [-0.15, -0.1) is 0 Å². The number of rotatable bonds is 3. The first kappa shape index (κ1) is 14.1. The molecular formula is C13H19NOSSi. The van der Waals surface area contributed by atoms with Crippen molar-refractivity contribution in [3.63, 3.8) is 0 Å². The first-order valence-electron chi connectivity index (χ1n) is 5.63. The van der Waals surface area contributed by atoms with Crippen LogP contribution >= 0.6 is 12.2 Å². The lowest BCUT2D eigenvalue weighted by Crippen LogP contribution is -2.43. The Morgan fingerprint density at radius 1 is 1.18 bits per heavy atom. The average molecular weight is 265 g/mol. The molecular weight excluding hydrogens is 246 g/mol. The van der Waals surface area contributed by atoms with Gasteiger partial charge in [0, 0.05) is 0 Å². The van der Waals surface area contributed by atoms with Crippen LogP contribution in [-0.4, -0.2) is 13.5 Å². The van der Waals surface area contributed by atoms with Crippen molar-refractivity contribution in [1.82, 2.24) is 0 Å². The first-order chi connectivity index (χ1) is 7.76. The summed E-state index contributed by atoms with van der Waals surface area (Å²) < 4.78 is 6.15. The predicted molar refractivity (Wildman–Crippen MR) is 79.0 cm³/mol. The van der Waals surface area contributed by atoms with Crippen LogP contribution in [0.15, 0.2) is 29.3 Å². The molecule has 0 aliphatic heterocycles. The molecule has 0 bridgehead atoms. The monoisotopic (exact) mass is 265 g/mol. The summed E-state index contributed by atoms with van der Waals surface area (Å²) in [4.78, 5) is 3.91. The van der Waals surface area contributed by atoms with E-state index in [9.17, 15) is 0 Å². The van der Waals surface area contributed by atoms with Gasteiger partial charge in [0.05, 0.1) is 10.8 Å². The third-order valence-corrected chi connectivity index (χ3v) is 7.64. The molecule has 0 amide bonds. The first-order valence-corrected chi connectivity index (χ1v) is 8.95. The molecule has 0 saturated carbocycles. The summed E-state index contributed by atoms with van der Waals surface area (Å²) in [5, 5.41) is 2.56. The minimum atomic E-state index is -1.75. The molecule has 0 aromatic heterocycles. The highest BCUT2D eigenvalue weighted by atomic mass is 32.1. The summed E-state index contributed by atoms with van der Waals surface area (Å²) in [6.45, 7) is 11.1. The smallest absolute Gasteiger partial charge is 0.250 e. The third-order valence-electron chi connectivity index (χ3n) is 3.19. The second kappa shape index (κ2) is 5.13. The van der Waals surface area contributed by atoms with Gasteiger partial charge in [-0.2, -0.15) is 4.99 Å². The topological polar surface area (TPSA) is 21.6 Å². The number of nitrogens with zero attached hydrogens (tertiary/aromatic N) is 1. The molecule has 17 heavy (non-hydrogen) atoms. The maximum Gasteiger partial charge on any atom is 0.250 e. The van der Waals surface area contributed by atoms with E-state index in [4.69, 9.17) is 4.43 Å². The van der Waals surface area contributed by atoms with Crippen molar-refractivity contribution in [1.29, 1.82) is 0 Å². The zero-order valence-electron chi connectivity index (χ0n) is 11.1. The average Bonchev–Trinajstić information content (AvgIpc) is 2.19. The SMILES string of the molecule is CC(C)(C)[Si](C)(C)Oc1ccc(N=C=S)cc1. The maximum absolute atomic E-state index is 6.15. The molecule has 1 rings (SSSR count). The molecule has 1 aromatic carbocycles. The summed E-state index contributed by atoms with van der Waals surface area (Å²) in [6, 6.07) is 7.65. The normalized spacial score (nSPS) is 11.8. The fourth-order valence-electron chi connectivity index (χ4n) is 1.09. The summed E-state index contributed by atoms with van der Waals surface area (Å²) in [5.74, 6) is 0.903. The number of isothiocyanates is 1. The number of aliphatic imine (C=N–C) groups is 1. The Morgan fingerprint density at radius 3 is 2.12 bits per heavy atom. The molecule has 0 aliphatic carbocycles. The Kier molecular flexibility index (Phi) is 4.25. The maximum atomic E-state index is 6.15.